The predicted molar refractivity (Wildman–Crippen MR) is 77.4 cm³/mol. The molecule has 2 rings (SSSR count). The number of nitrogens with zero attached hydrogens (tertiary/aromatic N) is 1. The third-order valence-electron chi connectivity index (χ3n) is 2.65. The Balaban J connectivity index is 2.30. The van der Waals surface area contributed by atoms with Crippen molar-refractivity contribution in [3.05, 3.63) is 62.4 Å². The fourth-order valence-corrected chi connectivity index (χ4v) is 2.09. The van der Waals surface area contributed by atoms with E-state index in [1.165, 1.54) is 30.3 Å². The number of carboxylic acids is 1. The van der Waals surface area contributed by atoms with Crippen LogP contribution in [0.3, 0.4) is 0 Å². The zero-order chi connectivity index (χ0) is 15.6. The topological polar surface area (TPSA) is 92.5 Å². The maximum absolute atomic E-state index is 13.8. The lowest BCUT2D eigenvalue weighted by atomic mass is 10.2. The highest BCUT2D eigenvalue weighted by atomic mass is 79.9. The van der Waals surface area contributed by atoms with Crippen molar-refractivity contribution in [2.75, 3.05) is 5.32 Å². The lowest BCUT2D eigenvalue weighted by Crippen LogP contribution is -1.99. The van der Waals surface area contributed by atoms with E-state index in [4.69, 9.17) is 5.11 Å². The summed E-state index contributed by atoms with van der Waals surface area (Å²) in [6, 6.07) is 7.42. The summed E-state index contributed by atoms with van der Waals surface area (Å²) in [5.74, 6) is -1.86. The molecule has 8 heteroatoms. The van der Waals surface area contributed by atoms with Crippen LogP contribution in [0, 0.1) is 15.9 Å². The Kier molecular flexibility index (Phi) is 4.18. The summed E-state index contributed by atoms with van der Waals surface area (Å²) >= 11 is 3.18. The van der Waals surface area contributed by atoms with Crippen molar-refractivity contribution in [3.8, 4) is 0 Å². The van der Waals surface area contributed by atoms with E-state index in [1.54, 1.807) is 0 Å². The average molecular weight is 355 g/mol. The smallest absolute Gasteiger partial charge is 0.335 e. The highest BCUT2D eigenvalue weighted by Crippen LogP contribution is 2.29. The van der Waals surface area contributed by atoms with Crippen LogP contribution >= 0.6 is 15.9 Å². The first kappa shape index (κ1) is 14.9. The molecule has 21 heavy (non-hydrogen) atoms. The standard InChI is InChI=1S/C13H8BrFN2O4/c14-9-5-7(13(18)19)1-3-11(9)16-12-4-2-8(17(20)21)6-10(12)15/h1-6,16H,(H,18,19). The molecule has 0 aliphatic heterocycles. The van der Waals surface area contributed by atoms with Crippen molar-refractivity contribution in [1.29, 1.82) is 0 Å². The molecule has 2 aromatic rings. The molecule has 0 atom stereocenters. The summed E-state index contributed by atoms with van der Waals surface area (Å²) in [5, 5.41) is 22.1. The Bertz CT molecular complexity index is 675. The second-order valence-electron chi connectivity index (χ2n) is 4.05. The van der Waals surface area contributed by atoms with Gasteiger partial charge in [0.2, 0.25) is 0 Å². The van der Waals surface area contributed by atoms with Gasteiger partial charge in [0, 0.05) is 10.5 Å². The Morgan fingerprint density at radius 3 is 2.43 bits per heavy atom. The summed E-state index contributed by atoms with van der Waals surface area (Å²) in [6.07, 6.45) is 0. The fourth-order valence-electron chi connectivity index (χ4n) is 1.61. The van der Waals surface area contributed by atoms with E-state index < -0.39 is 16.7 Å². The Morgan fingerprint density at radius 2 is 1.90 bits per heavy atom. The zero-order valence-electron chi connectivity index (χ0n) is 10.3. The number of nitrogens with one attached hydrogen (secondary N) is 1. The van der Waals surface area contributed by atoms with Crippen molar-refractivity contribution in [2.24, 2.45) is 0 Å². The number of carbonyl (C=O) groups is 1. The molecule has 0 aliphatic carbocycles. The highest BCUT2D eigenvalue weighted by Gasteiger charge is 2.12. The Hall–Kier alpha value is -2.48. The van der Waals surface area contributed by atoms with Gasteiger partial charge in [0.1, 0.15) is 0 Å². The molecule has 0 unspecified atom stereocenters. The maximum Gasteiger partial charge on any atom is 0.335 e. The van der Waals surface area contributed by atoms with Gasteiger partial charge in [0.25, 0.3) is 5.69 Å². The number of non-ortho nitro benzene ring substituents is 1. The second kappa shape index (κ2) is 5.88. The zero-order valence-corrected chi connectivity index (χ0v) is 11.9. The molecule has 0 aliphatic rings. The molecule has 0 radical (unpaired) electrons. The number of halogens is 2. The van der Waals surface area contributed by atoms with Crippen LogP contribution in [0.25, 0.3) is 0 Å². The largest absolute Gasteiger partial charge is 0.478 e. The first-order valence-electron chi connectivity index (χ1n) is 5.62. The van der Waals surface area contributed by atoms with E-state index >= 15 is 0 Å². The van der Waals surface area contributed by atoms with Crippen LogP contribution in [0.1, 0.15) is 10.4 Å². The van der Waals surface area contributed by atoms with Crippen LogP contribution in [-0.2, 0) is 0 Å². The quantitative estimate of drug-likeness (QED) is 0.640. The van der Waals surface area contributed by atoms with Crippen molar-refractivity contribution in [1.82, 2.24) is 0 Å². The molecule has 0 saturated heterocycles. The van der Waals surface area contributed by atoms with Crippen molar-refractivity contribution in [3.63, 3.8) is 0 Å². The lowest BCUT2D eigenvalue weighted by Gasteiger charge is -2.10. The fraction of sp³-hybridized carbons (Fsp3) is 0. The first-order chi connectivity index (χ1) is 9.88. The van der Waals surface area contributed by atoms with E-state index in [0.717, 1.165) is 6.07 Å². The number of benzene rings is 2. The molecule has 2 N–H and O–H groups in total. The van der Waals surface area contributed by atoms with Crippen molar-refractivity contribution in [2.45, 2.75) is 0 Å². The molecule has 0 aromatic heterocycles. The van der Waals surface area contributed by atoms with E-state index in [0.29, 0.717) is 10.2 Å². The molecule has 2 aromatic carbocycles. The molecule has 0 amide bonds. The number of aromatic carboxylic acids is 1. The highest BCUT2D eigenvalue weighted by molar-refractivity contribution is 9.10. The van der Waals surface area contributed by atoms with Gasteiger partial charge in [-0.25, -0.2) is 9.18 Å². The van der Waals surface area contributed by atoms with Gasteiger partial charge in [-0.05, 0) is 40.2 Å². The van der Waals surface area contributed by atoms with E-state index in [-0.39, 0.29) is 16.9 Å². The number of nitro groups is 1. The Morgan fingerprint density at radius 1 is 1.24 bits per heavy atom. The van der Waals surface area contributed by atoms with Crippen LogP contribution < -0.4 is 5.32 Å². The molecule has 0 saturated carbocycles. The monoisotopic (exact) mass is 354 g/mol. The Labute approximate surface area is 126 Å². The minimum atomic E-state index is -1.08. The number of carboxylic acid groups (broad SMARTS) is 1. The number of nitro benzene ring substituents is 1. The van der Waals surface area contributed by atoms with Crippen LogP contribution in [0.5, 0.6) is 0 Å². The molecular weight excluding hydrogens is 347 g/mol. The van der Waals surface area contributed by atoms with Crippen molar-refractivity contribution < 1.29 is 19.2 Å². The molecule has 108 valence electrons. The molecule has 0 heterocycles. The van der Waals surface area contributed by atoms with Crippen LogP contribution in [0.2, 0.25) is 0 Å². The predicted octanol–water partition coefficient (Wildman–Crippen LogP) is 3.94. The lowest BCUT2D eigenvalue weighted by molar-refractivity contribution is -0.385. The third kappa shape index (κ3) is 3.34. The summed E-state index contributed by atoms with van der Waals surface area (Å²) in [5.41, 5.74) is 0.215. The van der Waals surface area contributed by atoms with Gasteiger partial charge in [0.05, 0.1) is 27.9 Å². The molecule has 0 spiro atoms. The molecular formula is C13H8BrFN2O4. The van der Waals surface area contributed by atoms with E-state index in [2.05, 4.69) is 21.2 Å². The van der Waals surface area contributed by atoms with Gasteiger partial charge in [-0.15, -0.1) is 0 Å². The van der Waals surface area contributed by atoms with Gasteiger partial charge in [-0.3, -0.25) is 10.1 Å². The van der Waals surface area contributed by atoms with Gasteiger partial charge in [0.15, 0.2) is 5.82 Å². The van der Waals surface area contributed by atoms with E-state index in [1.807, 2.05) is 0 Å². The molecule has 6 nitrogen and oxygen atoms in total. The summed E-state index contributed by atoms with van der Waals surface area (Å²) < 4.78 is 14.2. The second-order valence-corrected chi connectivity index (χ2v) is 4.90. The van der Waals surface area contributed by atoms with Crippen LogP contribution in [-0.4, -0.2) is 16.0 Å². The number of hydrogen-bond acceptors (Lipinski definition) is 4. The number of hydrogen-bond donors (Lipinski definition) is 2. The SMILES string of the molecule is O=C(O)c1ccc(Nc2ccc([N+](=O)[O-])cc2F)c(Br)c1. The van der Waals surface area contributed by atoms with Gasteiger partial charge in [-0.1, -0.05) is 0 Å². The maximum atomic E-state index is 13.8. The van der Waals surface area contributed by atoms with E-state index in [9.17, 15) is 19.3 Å². The molecule has 0 fully saturated rings. The normalized spacial score (nSPS) is 10.2. The molecule has 0 bridgehead atoms. The average Bonchev–Trinajstić information content (AvgIpc) is 2.42. The number of anilines is 2. The van der Waals surface area contributed by atoms with Gasteiger partial charge in [-0.2, -0.15) is 0 Å². The summed E-state index contributed by atoms with van der Waals surface area (Å²) in [6.45, 7) is 0. The first-order valence-corrected chi connectivity index (χ1v) is 6.41. The number of rotatable bonds is 4. The van der Waals surface area contributed by atoms with Crippen LogP contribution in [0.4, 0.5) is 21.5 Å². The van der Waals surface area contributed by atoms with Crippen molar-refractivity contribution >= 4 is 39.0 Å². The van der Waals surface area contributed by atoms with Crippen LogP contribution in [0.15, 0.2) is 40.9 Å². The minimum Gasteiger partial charge on any atom is -0.478 e. The van der Waals surface area contributed by atoms with Gasteiger partial charge < -0.3 is 10.4 Å². The minimum absolute atomic E-state index is 0.0457. The van der Waals surface area contributed by atoms with Gasteiger partial charge >= 0.3 is 5.97 Å². The third-order valence-corrected chi connectivity index (χ3v) is 3.30. The summed E-state index contributed by atoms with van der Waals surface area (Å²) in [7, 11) is 0. The summed E-state index contributed by atoms with van der Waals surface area (Å²) in [4.78, 5) is 20.7.